The van der Waals surface area contributed by atoms with E-state index in [1.165, 1.54) is 35.8 Å². The fraction of sp³-hybridized carbons (Fsp3) is 0.348. The molecule has 0 bridgehead atoms. The summed E-state index contributed by atoms with van der Waals surface area (Å²) < 4.78 is 14.2. The van der Waals surface area contributed by atoms with E-state index in [0.717, 1.165) is 21.1 Å². The molecule has 2 aromatic heterocycles. The van der Waals surface area contributed by atoms with Crippen molar-refractivity contribution in [3.05, 3.63) is 46.9 Å². The first-order valence-electron chi connectivity index (χ1n) is 11.7. The summed E-state index contributed by atoms with van der Waals surface area (Å²) >= 11 is 3.72. The van der Waals surface area contributed by atoms with Crippen LogP contribution in [0, 0.1) is 0 Å². The normalized spacial score (nSPS) is 19.5. The van der Waals surface area contributed by atoms with Crippen LogP contribution in [0.5, 0.6) is 0 Å². The number of carboxylic acid groups (broad SMARTS) is 2. The van der Waals surface area contributed by atoms with Gasteiger partial charge in [-0.1, -0.05) is 5.16 Å². The highest BCUT2D eigenvalue weighted by Gasteiger charge is 2.54. The van der Waals surface area contributed by atoms with Gasteiger partial charge >= 0.3 is 11.9 Å². The van der Waals surface area contributed by atoms with Crippen molar-refractivity contribution in [3.8, 4) is 0 Å². The number of nitrogens with two attached hydrogens (primary N) is 1. The van der Waals surface area contributed by atoms with Crippen LogP contribution in [0.2, 0.25) is 0 Å². The molecule has 1 fully saturated rings. The van der Waals surface area contributed by atoms with Gasteiger partial charge in [-0.25, -0.2) is 23.5 Å². The van der Waals surface area contributed by atoms with Gasteiger partial charge in [0, 0.05) is 33.9 Å². The number of carboxylic acids is 2. The van der Waals surface area contributed by atoms with Gasteiger partial charge in [0.15, 0.2) is 29.8 Å². The molecule has 4 rings (SSSR count). The van der Waals surface area contributed by atoms with Crippen LogP contribution in [0.3, 0.4) is 0 Å². The monoisotopic (exact) mass is 611 g/mol. The molecule has 0 radical (unpaired) electrons. The van der Waals surface area contributed by atoms with E-state index >= 15 is 0 Å². The number of aromatic nitrogens is 2. The molecule has 5 N–H and O–H groups in total. The number of amides is 2. The number of β-lactam (4-membered cyclic amide) rings is 1. The molecular formula is C23H24FN6O7S3+. The van der Waals surface area contributed by atoms with Gasteiger partial charge in [0.05, 0.1) is 0 Å². The number of halogens is 1. The fourth-order valence-electron chi connectivity index (χ4n) is 3.74. The van der Waals surface area contributed by atoms with E-state index in [1.54, 1.807) is 29.1 Å². The third-order valence-corrected chi connectivity index (χ3v) is 8.89. The van der Waals surface area contributed by atoms with E-state index < -0.39 is 47.9 Å². The molecule has 17 heteroatoms. The standard InChI is InChI=1S/C23H23FN6O7S3/c1-11(21(33)34)37-28-15(14-10-40-23(25)26-14)18(31)27-16-19(32)30-17(22(35)36)12(9-39-20(16)30)8-38-13-2-5-29(6-3-13)7-4-24/h2-3,5-6,10-11,16,20H,4,7-9H2,1H3,(H4-,25,26,27,31,33,34,35,36)/p+1/b28-15-/t11-,16+,20+/m0/s1. The first kappa shape index (κ1) is 29.3. The van der Waals surface area contributed by atoms with Crippen molar-refractivity contribution in [2.75, 3.05) is 23.9 Å². The Morgan fingerprint density at radius 2 is 2.10 bits per heavy atom. The number of nitrogens with one attached hydrogen (secondary N) is 1. The Morgan fingerprint density at radius 1 is 1.38 bits per heavy atom. The van der Waals surface area contributed by atoms with Crippen LogP contribution in [0.4, 0.5) is 9.52 Å². The van der Waals surface area contributed by atoms with Gasteiger partial charge in [-0.05, 0) is 12.5 Å². The third kappa shape index (κ3) is 6.37. The lowest BCUT2D eigenvalue weighted by Gasteiger charge is -2.49. The number of thiazole rings is 1. The molecule has 0 unspecified atom stereocenters. The lowest BCUT2D eigenvalue weighted by Crippen LogP contribution is -2.71. The van der Waals surface area contributed by atoms with Gasteiger partial charge in [0.2, 0.25) is 6.10 Å². The second kappa shape index (κ2) is 12.6. The molecule has 212 valence electrons. The van der Waals surface area contributed by atoms with E-state index in [0.29, 0.717) is 17.1 Å². The number of pyridine rings is 1. The summed E-state index contributed by atoms with van der Waals surface area (Å²) in [5, 5.41) is 26.0. The van der Waals surface area contributed by atoms with E-state index in [4.69, 9.17) is 15.7 Å². The number of rotatable bonds is 12. The maximum Gasteiger partial charge on any atom is 0.352 e. The van der Waals surface area contributed by atoms with Crippen molar-refractivity contribution in [1.82, 2.24) is 15.2 Å². The van der Waals surface area contributed by atoms with Gasteiger partial charge < -0.3 is 26.1 Å². The lowest BCUT2D eigenvalue weighted by atomic mass is 10.0. The molecule has 3 atom stereocenters. The largest absolute Gasteiger partial charge is 0.478 e. The number of hydrogen-bond acceptors (Lipinski definition) is 11. The van der Waals surface area contributed by atoms with E-state index in [-0.39, 0.29) is 28.8 Å². The van der Waals surface area contributed by atoms with Gasteiger partial charge in [-0.2, -0.15) is 0 Å². The number of nitrogens with zero attached hydrogens (tertiary/aromatic N) is 4. The first-order valence-corrected chi connectivity index (χ1v) is 14.6. The second-order valence-electron chi connectivity index (χ2n) is 8.46. The van der Waals surface area contributed by atoms with Crippen molar-refractivity contribution in [3.63, 3.8) is 0 Å². The molecule has 13 nitrogen and oxygen atoms in total. The first-order chi connectivity index (χ1) is 19.1. The topological polar surface area (TPSA) is 188 Å². The molecule has 0 saturated carbocycles. The Hall–Kier alpha value is -3.70. The quantitative estimate of drug-likeness (QED) is 0.0870. The van der Waals surface area contributed by atoms with Gasteiger partial charge in [0.25, 0.3) is 11.8 Å². The van der Waals surface area contributed by atoms with Crippen molar-refractivity contribution < 1.29 is 43.2 Å². The molecule has 0 aliphatic carbocycles. The molecule has 0 aromatic carbocycles. The molecule has 2 aliphatic heterocycles. The van der Waals surface area contributed by atoms with Crippen molar-refractivity contribution in [2.24, 2.45) is 5.16 Å². The van der Waals surface area contributed by atoms with Crippen LogP contribution in [0.15, 0.2) is 51.2 Å². The predicted molar refractivity (Wildman–Crippen MR) is 144 cm³/mol. The fourth-order valence-corrected chi connectivity index (χ4v) is 6.66. The van der Waals surface area contributed by atoms with Crippen LogP contribution < -0.4 is 15.6 Å². The lowest BCUT2D eigenvalue weighted by molar-refractivity contribution is -0.697. The van der Waals surface area contributed by atoms with Crippen molar-refractivity contribution >= 4 is 69.5 Å². The Kier molecular flexibility index (Phi) is 9.26. The number of anilines is 1. The number of aliphatic carboxylic acids is 2. The van der Waals surface area contributed by atoms with Gasteiger partial charge in [-0.15, -0.1) is 34.9 Å². The molecule has 40 heavy (non-hydrogen) atoms. The summed E-state index contributed by atoms with van der Waals surface area (Å²) in [6.45, 7) is 0.978. The SMILES string of the molecule is C[C@H](O/N=C(\C(=O)N[C@@H]1C(=O)N2C(C(=O)O)=C(CSc3cc[n+](CCF)cc3)CS[C@H]12)c1csc(N)n1)C(=O)O. The number of aryl methyl sites for hydroxylation is 1. The summed E-state index contributed by atoms with van der Waals surface area (Å²) in [6.07, 6.45) is 2.11. The molecule has 2 aromatic rings. The molecular weight excluding hydrogens is 587 g/mol. The van der Waals surface area contributed by atoms with E-state index in [9.17, 15) is 28.7 Å². The van der Waals surface area contributed by atoms with Gasteiger partial charge in [-0.3, -0.25) is 14.5 Å². The number of nitrogen functional groups attached to an aromatic ring is 1. The molecule has 2 aliphatic rings. The van der Waals surface area contributed by atoms with Crippen LogP contribution in [-0.4, -0.2) is 85.3 Å². The second-order valence-corrected chi connectivity index (χ2v) is 11.5. The summed E-state index contributed by atoms with van der Waals surface area (Å²) in [7, 11) is 0. The minimum absolute atomic E-state index is 0.0269. The molecule has 1 saturated heterocycles. The van der Waals surface area contributed by atoms with Crippen LogP contribution in [0.25, 0.3) is 0 Å². The molecule has 2 amide bonds. The van der Waals surface area contributed by atoms with Crippen LogP contribution in [0.1, 0.15) is 12.6 Å². The number of oxime groups is 1. The van der Waals surface area contributed by atoms with Crippen molar-refractivity contribution in [1.29, 1.82) is 0 Å². The third-order valence-electron chi connectivity index (χ3n) is 5.78. The minimum atomic E-state index is -1.36. The summed E-state index contributed by atoms with van der Waals surface area (Å²) in [6, 6.07) is 2.55. The molecule has 4 heterocycles. The van der Waals surface area contributed by atoms with E-state index in [1.807, 2.05) is 0 Å². The number of fused-ring (bicyclic) bond motifs is 1. The predicted octanol–water partition coefficient (Wildman–Crippen LogP) is 0.707. The number of carbonyl (C=O) groups excluding carboxylic acids is 2. The average molecular weight is 612 g/mol. The summed E-state index contributed by atoms with van der Waals surface area (Å²) in [4.78, 5) is 60.3. The maximum atomic E-state index is 13.1. The zero-order valence-electron chi connectivity index (χ0n) is 20.9. The highest BCUT2D eigenvalue weighted by molar-refractivity contribution is 8.01. The highest BCUT2D eigenvalue weighted by Crippen LogP contribution is 2.41. The zero-order chi connectivity index (χ0) is 29.0. The van der Waals surface area contributed by atoms with Crippen LogP contribution in [-0.2, 0) is 30.6 Å². The number of alkyl halides is 1. The summed E-state index contributed by atoms with van der Waals surface area (Å²) in [5.41, 5.74) is 5.72. The smallest absolute Gasteiger partial charge is 0.352 e. The number of hydrogen-bond donors (Lipinski definition) is 4. The molecule has 0 spiro atoms. The van der Waals surface area contributed by atoms with Crippen LogP contribution >= 0.6 is 34.9 Å². The Bertz CT molecular complexity index is 1380. The maximum absolute atomic E-state index is 13.1. The van der Waals surface area contributed by atoms with Crippen molar-refractivity contribution in [2.45, 2.75) is 35.9 Å². The van der Waals surface area contributed by atoms with Gasteiger partial charge in [0.1, 0.15) is 29.5 Å². The highest BCUT2D eigenvalue weighted by atomic mass is 32.2. The zero-order valence-corrected chi connectivity index (χ0v) is 23.3. The number of carbonyl (C=O) groups is 4. The number of thioether (sulfide) groups is 2. The Morgan fingerprint density at radius 3 is 2.70 bits per heavy atom. The minimum Gasteiger partial charge on any atom is -0.478 e. The average Bonchev–Trinajstić information content (AvgIpc) is 3.36. The Labute approximate surface area is 239 Å². The van der Waals surface area contributed by atoms with E-state index in [2.05, 4.69) is 15.5 Å². The Balaban J connectivity index is 1.47. The summed E-state index contributed by atoms with van der Waals surface area (Å²) in [5.74, 6) is -3.42.